The van der Waals surface area contributed by atoms with Gasteiger partial charge in [-0.15, -0.1) is 0 Å². The molecule has 1 fully saturated rings. The van der Waals surface area contributed by atoms with Crippen LogP contribution in [-0.4, -0.2) is 37.5 Å². The maximum absolute atomic E-state index is 11.2. The Kier molecular flexibility index (Phi) is 5.24. The summed E-state index contributed by atoms with van der Waals surface area (Å²) in [5.41, 5.74) is 0.126. The molecule has 1 aliphatic rings. The number of methoxy groups -OCH3 is 1. The maximum atomic E-state index is 11.2. The number of benzene rings is 1. The number of hydrogen-bond donors (Lipinski definition) is 1. The minimum Gasteiger partial charge on any atom is -0.497 e. The van der Waals surface area contributed by atoms with E-state index in [0.29, 0.717) is 24.2 Å². The predicted molar refractivity (Wildman–Crippen MR) is 73.7 cm³/mol. The second-order valence-corrected chi connectivity index (χ2v) is 4.79. The summed E-state index contributed by atoms with van der Waals surface area (Å²) in [6, 6.07) is 4.80. The Hall–Kier alpha value is -1.75. The molecule has 0 saturated carbocycles. The largest absolute Gasteiger partial charge is 0.497 e. The quantitative estimate of drug-likeness (QED) is 0.778. The fourth-order valence-corrected chi connectivity index (χ4v) is 2.29. The lowest BCUT2D eigenvalue weighted by molar-refractivity contribution is 0.0690. The molecule has 0 bridgehead atoms. The molecule has 0 aliphatic carbocycles. The van der Waals surface area contributed by atoms with Gasteiger partial charge in [0.15, 0.2) is 0 Å². The molecule has 0 spiro atoms. The van der Waals surface area contributed by atoms with Gasteiger partial charge in [0.05, 0.1) is 19.8 Å². The molecule has 110 valence electrons. The minimum absolute atomic E-state index is 0.126. The zero-order chi connectivity index (χ0) is 14.4. The highest BCUT2D eigenvalue weighted by Crippen LogP contribution is 2.25. The molecule has 0 amide bonds. The minimum atomic E-state index is -1.02. The number of ether oxygens (including phenoxy) is 3. The van der Waals surface area contributed by atoms with Gasteiger partial charge in [-0.05, 0) is 43.9 Å². The molecule has 20 heavy (non-hydrogen) atoms. The highest BCUT2D eigenvalue weighted by molar-refractivity contribution is 5.91. The summed E-state index contributed by atoms with van der Waals surface area (Å²) in [5, 5.41) is 9.16. The van der Waals surface area contributed by atoms with Gasteiger partial charge in [0.2, 0.25) is 0 Å². The van der Waals surface area contributed by atoms with Crippen molar-refractivity contribution in [2.75, 3.05) is 20.3 Å². The summed E-state index contributed by atoms with van der Waals surface area (Å²) >= 11 is 0. The van der Waals surface area contributed by atoms with Gasteiger partial charge in [-0.1, -0.05) is 0 Å². The lowest BCUT2D eigenvalue weighted by atomic mass is 10.1. The Morgan fingerprint density at radius 1 is 1.50 bits per heavy atom. The van der Waals surface area contributed by atoms with Crippen LogP contribution in [0.1, 0.15) is 36.0 Å². The van der Waals surface area contributed by atoms with Crippen LogP contribution in [0.4, 0.5) is 0 Å². The molecule has 1 unspecified atom stereocenters. The summed E-state index contributed by atoms with van der Waals surface area (Å²) in [6.07, 6.45) is 4.40. The Morgan fingerprint density at radius 3 is 3.00 bits per heavy atom. The first kappa shape index (κ1) is 14.7. The van der Waals surface area contributed by atoms with E-state index in [1.807, 2.05) is 0 Å². The number of carbonyl (C=O) groups is 1. The van der Waals surface area contributed by atoms with Crippen LogP contribution < -0.4 is 9.47 Å². The maximum Gasteiger partial charge on any atom is 0.339 e. The van der Waals surface area contributed by atoms with E-state index in [0.717, 1.165) is 32.3 Å². The van der Waals surface area contributed by atoms with Crippen LogP contribution in [-0.2, 0) is 4.74 Å². The van der Waals surface area contributed by atoms with E-state index >= 15 is 0 Å². The Bertz CT molecular complexity index is 452. The first-order valence-electron chi connectivity index (χ1n) is 6.86. The van der Waals surface area contributed by atoms with Crippen molar-refractivity contribution in [2.45, 2.75) is 31.8 Å². The number of carboxylic acids is 1. The van der Waals surface area contributed by atoms with Crippen molar-refractivity contribution in [1.82, 2.24) is 0 Å². The van der Waals surface area contributed by atoms with Crippen LogP contribution in [0.3, 0.4) is 0 Å². The zero-order valence-electron chi connectivity index (χ0n) is 11.6. The third-order valence-corrected chi connectivity index (χ3v) is 3.37. The van der Waals surface area contributed by atoms with Crippen molar-refractivity contribution >= 4 is 5.97 Å². The SMILES string of the molecule is COc1ccc(OCCCC2CCCO2)c(C(=O)O)c1. The van der Waals surface area contributed by atoms with Crippen molar-refractivity contribution in [3.63, 3.8) is 0 Å². The van der Waals surface area contributed by atoms with Gasteiger partial charge >= 0.3 is 5.97 Å². The molecule has 2 rings (SSSR count). The fourth-order valence-electron chi connectivity index (χ4n) is 2.29. The van der Waals surface area contributed by atoms with E-state index in [1.54, 1.807) is 12.1 Å². The first-order valence-corrected chi connectivity index (χ1v) is 6.86. The first-order chi connectivity index (χ1) is 9.70. The summed E-state index contributed by atoms with van der Waals surface area (Å²) in [6.45, 7) is 1.35. The lowest BCUT2D eigenvalue weighted by Crippen LogP contribution is -2.09. The summed E-state index contributed by atoms with van der Waals surface area (Å²) in [7, 11) is 1.50. The predicted octanol–water partition coefficient (Wildman–Crippen LogP) is 2.73. The van der Waals surface area contributed by atoms with E-state index in [1.165, 1.54) is 13.2 Å². The summed E-state index contributed by atoms with van der Waals surface area (Å²) < 4.78 is 16.1. The average Bonchev–Trinajstić information content (AvgIpc) is 2.96. The number of hydrogen-bond acceptors (Lipinski definition) is 4. The van der Waals surface area contributed by atoms with Crippen molar-refractivity contribution < 1.29 is 24.1 Å². The lowest BCUT2D eigenvalue weighted by Gasteiger charge is -2.12. The van der Waals surface area contributed by atoms with Crippen LogP contribution in [0.15, 0.2) is 18.2 Å². The molecule has 1 aromatic rings. The molecule has 1 saturated heterocycles. The van der Waals surface area contributed by atoms with E-state index < -0.39 is 5.97 Å². The van der Waals surface area contributed by atoms with Crippen molar-refractivity contribution in [1.29, 1.82) is 0 Å². The van der Waals surface area contributed by atoms with Gasteiger partial charge in [0, 0.05) is 6.61 Å². The van der Waals surface area contributed by atoms with Crippen molar-refractivity contribution in [3.05, 3.63) is 23.8 Å². The third kappa shape index (κ3) is 3.87. The molecule has 1 N–H and O–H groups in total. The topological polar surface area (TPSA) is 65.0 Å². The molecule has 5 nitrogen and oxygen atoms in total. The summed E-state index contributed by atoms with van der Waals surface area (Å²) in [5.74, 6) is -0.127. The number of rotatable bonds is 7. The normalized spacial score (nSPS) is 17.9. The molecular formula is C15H20O5. The Labute approximate surface area is 118 Å². The molecular weight excluding hydrogens is 260 g/mol. The molecule has 0 aromatic heterocycles. The highest BCUT2D eigenvalue weighted by atomic mass is 16.5. The molecule has 0 radical (unpaired) electrons. The second kappa shape index (κ2) is 7.14. The third-order valence-electron chi connectivity index (χ3n) is 3.37. The molecule has 1 atom stereocenters. The van der Waals surface area contributed by atoms with E-state index in [4.69, 9.17) is 19.3 Å². The Morgan fingerprint density at radius 2 is 2.35 bits per heavy atom. The molecule has 1 heterocycles. The fraction of sp³-hybridized carbons (Fsp3) is 0.533. The molecule has 1 aliphatic heterocycles. The smallest absolute Gasteiger partial charge is 0.339 e. The Balaban J connectivity index is 1.86. The van der Waals surface area contributed by atoms with Crippen LogP contribution in [0.2, 0.25) is 0 Å². The van der Waals surface area contributed by atoms with Gasteiger partial charge in [0.1, 0.15) is 17.1 Å². The van der Waals surface area contributed by atoms with Gasteiger partial charge < -0.3 is 19.3 Å². The standard InChI is InChI=1S/C15H20O5/c1-18-12-6-7-14(13(10-12)15(16)17)20-9-3-5-11-4-2-8-19-11/h6-7,10-11H,2-5,8-9H2,1H3,(H,16,17). The van der Waals surface area contributed by atoms with Crippen molar-refractivity contribution in [3.8, 4) is 11.5 Å². The van der Waals surface area contributed by atoms with Gasteiger partial charge in [-0.25, -0.2) is 4.79 Å². The van der Waals surface area contributed by atoms with E-state index in [-0.39, 0.29) is 5.56 Å². The van der Waals surface area contributed by atoms with E-state index in [9.17, 15) is 4.79 Å². The number of aromatic carboxylic acids is 1. The van der Waals surface area contributed by atoms with Gasteiger partial charge in [-0.2, -0.15) is 0 Å². The molecule has 5 heteroatoms. The van der Waals surface area contributed by atoms with Crippen LogP contribution in [0.25, 0.3) is 0 Å². The summed E-state index contributed by atoms with van der Waals surface area (Å²) in [4.78, 5) is 11.2. The van der Waals surface area contributed by atoms with Crippen LogP contribution in [0.5, 0.6) is 11.5 Å². The van der Waals surface area contributed by atoms with Gasteiger partial charge in [-0.3, -0.25) is 0 Å². The monoisotopic (exact) mass is 280 g/mol. The molecule has 1 aromatic carbocycles. The number of carboxylic acid groups (broad SMARTS) is 1. The van der Waals surface area contributed by atoms with Gasteiger partial charge in [0.25, 0.3) is 0 Å². The van der Waals surface area contributed by atoms with Crippen LogP contribution in [0, 0.1) is 0 Å². The van der Waals surface area contributed by atoms with Crippen molar-refractivity contribution in [2.24, 2.45) is 0 Å². The van der Waals surface area contributed by atoms with E-state index in [2.05, 4.69) is 0 Å². The van der Waals surface area contributed by atoms with Crippen LogP contribution >= 0.6 is 0 Å². The average molecular weight is 280 g/mol. The highest BCUT2D eigenvalue weighted by Gasteiger charge is 2.16. The zero-order valence-corrected chi connectivity index (χ0v) is 11.6. The second-order valence-electron chi connectivity index (χ2n) is 4.79.